The third-order valence-corrected chi connectivity index (χ3v) is 7.53. The summed E-state index contributed by atoms with van der Waals surface area (Å²) in [6.07, 6.45) is 0.899. The Labute approximate surface area is 309 Å². The lowest BCUT2D eigenvalue weighted by atomic mass is 10.0. The Morgan fingerprint density at radius 3 is 1.71 bits per heavy atom. The molecule has 16 nitrogen and oxygen atoms in total. The molecule has 0 saturated heterocycles. The molecule has 0 aliphatic carbocycles. The standard InChI is InChI=1S/C34H58BrN5O11/c1-26(2)32(34(45)39-29(4-3-10-36)33(44)38-28-7-5-27(25-41)6-8-28)40-30(42)9-12-46-14-16-48-18-20-50-22-23-51-21-19-49-17-15-47-13-11-37-31(43)24-35/h5-8,26,29,32,41H,3-4,9-25,36H2,1-2H3,(H,37,43)(H,38,44)(H,39,45)(H,40,42)/t29-,32-/m0/s1. The number of anilines is 1. The van der Waals surface area contributed by atoms with E-state index >= 15 is 0 Å². The van der Waals surface area contributed by atoms with E-state index in [2.05, 4.69) is 37.2 Å². The van der Waals surface area contributed by atoms with Crippen molar-refractivity contribution in [2.75, 3.05) is 103 Å². The molecule has 0 aliphatic heterocycles. The van der Waals surface area contributed by atoms with Gasteiger partial charge in [-0.05, 0) is 43.0 Å². The predicted molar refractivity (Wildman–Crippen MR) is 194 cm³/mol. The van der Waals surface area contributed by atoms with Crippen LogP contribution in [0.25, 0.3) is 0 Å². The average molecular weight is 793 g/mol. The van der Waals surface area contributed by atoms with E-state index in [-0.39, 0.29) is 42.7 Å². The quantitative estimate of drug-likeness (QED) is 0.0434. The minimum absolute atomic E-state index is 0.0536. The molecular formula is C34H58BrN5O11. The summed E-state index contributed by atoms with van der Waals surface area (Å²) in [6.45, 7) is 8.97. The number of benzene rings is 1. The number of ether oxygens (including phenoxy) is 6. The highest BCUT2D eigenvalue weighted by molar-refractivity contribution is 9.09. The number of rotatable bonds is 32. The first-order valence-electron chi connectivity index (χ1n) is 17.3. The fourth-order valence-corrected chi connectivity index (χ4v) is 4.43. The average Bonchev–Trinajstić information content (AvgIpc) is 3.12. The summed E-state index contributed by atoms with van der Waals surface area (Å²) in [7, 11) is 0. The smallest absolute Gasteiger partial charge is 0.246 e. The number of nitrogens with two attached hydrogens (primary N) is 1. The summed E-state index contributed by atoms with van der Waals surface area (Å²) in [5, 5.41) is 20.5. The second kappa shape index (κ2) is 30.8. The van der Waals surface area contributed by atoms with Gasteiger partial charge in [0.05, 0.1) is 91.2 Å². The van der Waals surface area contributed by atoms with Gasteiger partial charge in [0.1, 0.15) is 12.1 Å². The number of amides is 4. The number of hydrogen-bond donors (Lipinski definition) is 6. The van der Waals surface area contributed by atoms with E-state index in [1.807, 2.05) is 13.8 Å². The zero-order chi connectivity index (χ0) is 37.5. The van der Waals surface area contributed by atoms with Crippen LogP contribution < -0.4 is 27.0 Å². The van der Waals surface area contributed by atoms with Crippen LogP contribution >= 0.6 is 15.9 Å². The second-order valence-electron chi connectivity index (χ2n) is 11.5. The molecule has 51 heavy (non-hydrogen) atoms. The van der Waals surface area contributed by atoms with Crippen LogP contribution in [0.5, 0.6) is 0 Å². The van der Waals surface area contributed by atoms with Crippen molar-refractivity contribution in [2.45, 2.75) is 51.8 Å². The molecule has 0 spiro atoms. The molecule has 0 aliphatic rings. The third kappa shape index (κ3) is 24.2. The molecule has 17 heteroatoms. The van der Waals surface area contributed by atoms with Gasteiger partial charge in [-0.2, -0.15) is 0 Å². The Bertz CT molecular complexity index is 1090. The van der Waals surface area contributed by atoms with Crippen molar-refractivity contribution >= 4 is 45.2 Å². The van der Waals surface area contributed by atoms with Gasteiger partial charge in [-0.15, -0.1) is 0 Å². The molecule has 0 heterocycles. The molecule has 1 aromatic carbocycles. The zero-order valence-electron chi connectivity index (χ0n) is 30.0. The minimum atomic E-state index is -0.848. The third-order valence-electron chi connectivity index (χ3n) is 7.02. The van der Waals surface area contributed by atoms with E-state index in [0.29, 0.717) is 110 Å². The monoisotopic (exact) mass is 791 g/mol. The van der Waals surface area contributed by atoms with E-state index in [0.717, 1.165) is 0 Å². The molecule has 7 N–H and O–H groups in total. The molecule has 2 atom stereocenters. The summed E-state index contributed by atoms with van der Waals surface area (Å²) in [6, 6.07) is 5.04. The highest BCUT2D eigenvalue weighted by Gasteiger charge is 2.28. The number of aliphatic hydroxyl groups is 1. The maximum absolute atomic E-state index is 13.2. The first kappa shape index (κ1) is 46.3. The van der Waals surface area contributed by atoms with Gasteiger partial charge in [0.2, 0.25) is 23.6 Å². The largest absolute Gasteiger partial charge is 0.392 e. The van der Waals surface area contributed by atoms with Gasteiger partial charge in [0.15, 0.2) is 0 Å². The molecule has 4 amide bonds. The Balaban J connectivity index is 2.13. The zero-order valence-corrected chi connectivity index (χ0v) is 31.5. The molecule has 292 valence electrons. The van der Waals surface area contributed by atoms with Crippen molar-refractivity contribution in [3.63, 3.8) is 0 Å². The Morgan fingerprint density at radius 1 is 0.725 bits per heavy atom. The maximum atomic E-state index is 13.2. The number of aliphatic hydroxyl groups excluding tert-OH is 1. The molecule has 0 unspecified atom stereocenters. The van der Waals surface area contributed by atoms with Gasteiger partial charge in [0, 0.05) is 18.7 Å². The SMILES string of the molecule is CC(C)[C@H](NC(=O)CCOCCOCCOCCOCCOCCOCCNC(=O)CBr)C(=O)N[C@@H](CCCN)C(=O)Nc1ccc(CO)cc1. The highest BCUT2D eigenvalue weighted by atomic mass is 79.9. The van der Waals surface area contributed by atoms with E-state index in [1.165, 1.54) is 0 Å². The minimum Gasteiger partial charge on any atom is -0.392 e. The Hall–Kier alpha value is -2.74. The Morgan fingerprint density at radius 2 is 1.24 bits per heavy atom. The fraction of sp³-hybridized carbons (Fsp3) is 0.706. The lowest BCUT2D eigenvalue weighted by molar-refractivity contribution is -0.132. The number of nitrogens with one attached hydrogen (secondary N) is 4. The van der Waals surface area contributed by atoms with Crippen molar-refractivity contribution in [3.8, 4) is 0 Å². The summed E-state index contributed by atoms with van der Waals surface area (Å²) >= 11 is 3.07. The highest BCUT2D eigenvalue weighted by Crippen LogP contribution is 2.12. The molecule has 1 aromatic rings. The first-order valence-corrected chi connectivity index (χ1v) is 18.4. The number of alkyl halides is 1. The molecule has 0 aromatic heterocycles. The maximum Gasteiger partial charge on any atom is 0.246 e. The van der Waals surface area contributed by atoms with Crippen LogP contribution in [-0.2, 0) is 54.2 Å². The first-order chi connectivity index (χ1) is 24.7. The van der Waals surface area contributed by atoms with Gasteiger partial charge in [-0.3, -0.25) is 19.2 Å². The van der Waals surface area contributed by atoms with Crippen molar-refractivity contribution in [1.29, 1.82) is 0 Å². The number of hydrogen-bond acceptors (Lipinski definition) is 12. The molecular weight excluding hydrogens is 734 g/mol. The van der Waals surface area contributed by atoms with Crippen LogP contribution in [0.2, 0.25) is 0 Å². The Kier molecular flexibility index (Phi) is 28.0. The van der Waals surface area contributed by atoms with Gasteiger partial charge >= 0.3 is 0 Å². The van der Waals surface area contributed by atoms with Gasteiger partial charge in [0.25, 0.3) is 0 Å². The summed E-state index contributed by atoms with van der Waals surface area (Å²) in [5.74, 6) is -1.53. The van der Waals surface area contributed by atoms with E-state index in [4.69, 9.17) is 34.2 Å². The second-order valence-corrected chi connectivity index (χ2v) is 12.1. The normalized spacial score (nSPS) is 12.4. The van der Waals surface area contributed by atoms with E-state index in [9.17, 15) is 24.3 Å². The topological polar surface area (TPSA) is 218 Å². The van der Waals surface area contributed by atoms with Crippen LogP contribution in [0.4, 0.5) is 5.69 Å². The number of carbonyl (C=O) groups is 4. The lowest BCUT2D eigenvalue weighted by Gasteiger charge is -2.25. The van der Waals surface area contributed by atoms with Crippen LogP contribution in [0.3, 0.4) is 0 Å². The summed E-state index contributed by atoms with van der Waals surface area (Å²) < 4.78 is 32.6. The van der Waals surface area contributed by atoms with Gasteiger partial charge in [-0.25, -0.2) is 0 Å². The van der Waals surface area contributed by atoms with Gasteiger partial charge in [-0.1, -0.05) is 41.9 Å². The van der Waals surface area contributed by atoms with Crippen molar-refractivity contribution in [2.24, 2.45) is 11.7 Å². The molecule has 0 radical (unpaired) electrons. The van der Waals surface area contributed by atoms with Crippen molar-refractivity contribution in [1.82, 2.24) is 16.0 Å². The van der Waals surface area contributed by atoms with E-state index < -0.39 is 23.9 Å². The van der Waals surface area contributed by atoms with Gasteiger partial charge < -0.3 is 60.5 Å². The van der Waals surface area contributed by atoms with E-state index in [1.54, 1.807) is 24.3 Å². The number of halogens is 1. The molecule has 1 rings (SSSR count). The van der Waals surface area contributed by atoms with Crippen molar-refractivity contribution in [3.05, 3.63) is 29.8 Å². The summed E-state index contributed by atoms with van der Waals surface area (Å²) in [5.41, 5.74) is 6.89. The molecule has 0 fully saturated rings. The lowest BCUT2D eigenvalue weighted by Crippen LogP contribution is -2.54. The van der Waals surface area contributed by atoms with Crippen LogP contribution in [0, 0.1) is 5.92 Å². The predicted octanol–water partition coefficient (Wildman–Crippen LogP) is 0.483. The van der Waals surface area contributed by atoms with Crippen LogP contribution in [0.1, 0.15) is 38.7 Å². The molecule has 0 bridgehead atoms. The fourth-order valence-electron chi connectivity index (χ4n) is 4.23. The van der Waals surface area contributed by atoms with Crippen LogP contribution in [0.15, 0.2) is 24.3 Å². The number of carbonyl (C=O) groups excluding carboxylic acids is 4. The van der Waals surface area contributed by atoms with Crippen LogP contribution in [-0.4, -0.2) is 139 Å². The van der Waals surface area contributed by atoms with Crippen molar-refractivity contribution < 1.29 is 52.7 Å². The molecule has 0 saturated carbocycles. The summed E-state index contributed by atoms with van der Waals surface area (Å²) in [4.78, 5) is 49.8.